The Hall–Kier alpha value is -3.60. The molecule has 2 aromatic carbocycles. The van der Waals surface area contributed by atoms with Crippen LogP contribution in [-0.2, 0) is 31.7 Å². The lowest BCUT2D eigenvalue weighted by Crippen LogP contribution is -2.27. The lowest BCUT2D eigenvalue weighted by Gasteiger charge is -2.20. The topological polar surface area (TPSA) is 129 Å². The Kier molecular flexibility index (Phi) is 7.15. The number of amides is 2. The van der Waals surface area contributed by atoms with Crippen molar-refractivity contribution in [1.29, 1.82) is 0 Å². The van der Waals surface area contributed by atoms with E-state index in [0.29, 0.717) is 28.2 Å². The lowest BCUT2D eigenvalue weighted by molar-refractivity contribution is -0.116. The minimum Gasteiger partial charge on any atom is -0.495 e. The van der Waals surface area contributed by atoms with Gasteiger partial charge in [0.2, 0.25) is 5.91 Å². The number of methoxy groups -OCH3 is 1. The second-order valence-corrected chi connectivity index (χ2v) is 10.9. The first-order valence-corrected chi connectivity index (χ1v) is 12.5. The largest absolute Gasteiger partial charge is 0.495 e. The quantitative estimate of drug-likeness (QED) is 0.520. The minimum absolute atomic E-state index is 0.147. The van der Waals surface area contributed by atoms with E-state index >= 15 is 0 Å². The number of benzene rings is 2. The fraction of sp³-hybridized carbons (Fsp3) is 0.348. The van der Waals surface area contributed by atoms with Gasteiger partial charge in [-0.05, 0) is 51.1 Å². The molecule has 0 saturated heterocycles. The zero-order valence-corrected chi connectivity index (χ0v) is 20.5. The highest BCUT2D eigenvalue weighted by atomic mass is 32.2. The van der Waals surface area contributed by atoms with Crippen molar-refractivity contribution in [3.63, 3.8) is 0 Å². The van der Waals surface area contributed by atoms with Crippen LogP contribution in [0.2, 0.25) is 0 Å². The van der Waals surface area contributed by atoms with Gasteiger partial charge >= 0.3 is 6.09 Å². The van der Waals surface area contributed by atoms with E-state index in [1.165, 1.54) is 7.11 Å². The average Bonchev–Trinajstić information content (AvgIpc) is 3.02. The molecular formula is C23H28N4O6S. The monoisotopic (exact) mass is 488 g/mol. The number of nitrogens with one attached hydrogen (secondary N) is 2. The van der Waals surface area contributed by atoms with Gasteiger partial charge in [0.25, 0.3) is 0 Å². The lowest BCUT2D eigenvalue weighted by atomic mass is 10.2. The predicted molar refractivity (Wildman–Crippen MR) is 130 cm³/mol. The maximum absolute atomic E-state index is 12.9. The first-order chi connectivity index (χ1) is 15.8. The normalized spacial score (nSPS) is 11.8. The Labute approximate surface area is 198 Å². The summed E-state index contributed by atoms with van der Waals surface area (Å²) in [6.07, 6.45) is 0.456. The van der Waals surface area contributed by atoms with Crippen molar-refractivity contribution in [2.45, 2.75) is 38.7 Å². The van der Waals surface area contributed by atoms with E-state index in [1.807, 2.05) is 0 Å². The molecule has 0 aliphatic carbocycles. The van der Waals surface area contributed by atoms with Gasteiger partial charge in [-0.25, -0.2) is 18.2 Å². The molecule has 0 radical (unpaired) electrons. The van der Waals surface area contributed by atoms with E-state index in [4.69, 9.17) is 9.47 Å². The molecule has 2 amide bonds. The standard InChI is InChI=1S/C23H28N4O6S/c1-23(2,3)33-22(29)26-17-12-15(10-11-19(17)32-4)24-21(28)13-27-18-9-7-6-8-16(18)25-20(27)14-34(5,30)31/h6-12H,13-14H2,1-5H3,(H,24,28)(H,26,29). The number of anilines is 2. The molecule has 0 atom stereocenters. The molecule has 34 heavy (non-hydrogen) atoms. The molecule has 0 unspecified atom stereocenters. The highest BCUT2D eigenvalue weighted by Gasteiger charge is 2.19. The summed E-state index contributed by atoms with van der Waals surface area (Å²) in [4.78, 5) is 29.4. The summed E-state index contributed by atoms with van der Waals surface area (Å²) in [6.45, 7) is 5.10. The molecule has 10 nitrogen and oxygen atoms in total. The Morgan fingerprint density at radius 3 is 2.44 bits per heavy atom. The SMILES string of the molecule is COc1ccc(NC(=O)Cn2c(CS(C)(=O)=O)nc3ccccc32)cc1NC(=O)OC(C)(C)C. The zero-order valence-electron chi connectivity index (χ0n) is 19.7. The third kappa shape index (κ3) is 6.70. The number of imidazole rings is 1. The van der Waals surface area contributed by atoms with Gasteiger partial charge in [0.1, 0.15) is 29.5 Å². The number of hydrogen-bond donors (Lipinski definition) is 2. The van der Waals surface area contributed by atoms with Crippen LogP contribution in [0.1, 0.15) is 26.6 Å². The second-order valence-electron chi connectivity index (χ2n) is 8.76. The van der Waals surface area contributed by atoms with Crippen molar-refractivity contribution in [2.75, 3.05) is 24.0 Å². The molecule has 2 N–H and O–H groups in total. The number of hydrogen-bond acceptors (Lipinski definition) is 7. The van der Waals surface area contributed by atoms with Crippen LogP contribution in [0, 0.1) is 0 Å². The Morgan fingerprint density at radius 2 is 1.79 bits per heavy atom. The van der Waals surface area contributed by atoms with Crippen molar-refractivity contribution in [1.82, 2.24) is 9.55 Å². The van der Waals surface area contributed by atoms with Gasteiger partial charge in [-0.1, -0.05) is 12.1 Å². The Morgan fingerprint density at radius 1 is 1.09 bits per heavy atom. The summed E-state index contributed by atoms with van der Waals surface area (Å²) < 4.78 is 35.9. The van der Waals surface area contributed by atoms with Crippen LogP contribution in [0.4, 0.5) is 16.2 Å². The molecule has 1 heterocycles. The molecule has 0 fully saturated rings. The van der Waals surface area contributed by atoms with E-state index in [-0.39, 0.29) is 18.1 Å². The molecule has 3 rings (SSSR count). The predicted octanol–water partition coefficient (Wildman–Crippen LogP) is 3.58. The highest BCUT2D eigenvalue weighted by molar-refractivity contribution is 7.89. The molecule has 0 saturated carbocycles. The number of carbonyl (C=O) groups is 2. The van der Waals surface area contributed by atoms with E-state index in [2.05, 4.69) is 15.6 Å². The molecule has 182 valence electrons. The second kappa shape index (κ2) is 9.72. The van der Waals surface area contributed by atoms with Crippen LogP contribution in [-0.4, -0.2) is 48.9 Å². The van der Waals surface area contributed by atoms with Gasteiger partial charge < -0.3 is 19.4 Å². The number of fused-ring (bicyclic) bond motifs is 1. The number of ether oxygens (including phenoxy) is 2. The fourth-order valence-electron chi connectivity index (χ4n) is 3.29. The number of aromatic nitrogens is 2. The molecule has 1 aromatic heterocycles. The van der Waals surface area contributed by atoms with Gasteiger partial charge in [-0.3, -0.25) is 10.1 Å². The van der Waals surface area contributed by atoms with E-state index in [0.717, 1.165) is 6.26 Å². The third-order valence-corrected chi connectivity index (χ3v) is 5.33. The summed E-state index contributed by atoms with van der Waals surface area (Å²) in [5.41, 5.74) is 1.30. The van der Waals surface area contributed by atoms with Gasteiger partial charge in [-0.15, -0.1) is 0 Å². The molecule has 0 aliphatic heterocycles. The van der Waals surface area contributed by atoms with Gasteiger partial charge in [0.05, 0.1) is 23.8 Å². The molecular weight excluding hydrogens is 460 g/mol. The smallest absolute Gasteiger partial charge is 0.412 e. The van der Waals surface area contributed by atoms with Crippen LogP contribution in [0.3, 0.4) is 0 Å². The number of rotatable bonds is 7. The average molecular weight is 489 g/mol. The molecule has 11 heteroatoms. The van der Waals surface area contributed by atoms with E-state index < -0.39 is 27.4 Å². The van der Waals surface area contributed by atoms with Crippen molar-refractivity contribution in [3.8, 4) is 5.75 Å². The van der Waals surface area contributed by atoms with Crippen molar-refractivity contribution in [3.05, 3.63) is 48.3 Å². The minimum atomic E-state index is -3.36. The van der Waals surface area contributed by atoms with Crippen molar-refractivity contribution >= 4 is 44.2 Å². The summed E-state index contributed by atoms with van der Waals surface area (Å²) in [5, 5.41) is 5.38. The van der Waals surface area contributed by atoms with E-state index in [1.54, 1.807) is 67.8 Å². The Balaban J connectivity index is 1.82. The van der Waals surface area contributed by atoms with Gasteiger partial charge in [-0.2, -0.15) is 0 Å². The van der Waals surface area contributed by atoms with Crippen LogP contribution >= 0.6 is 0 Å². The molecule has 0 aliphatic rings. The first kappa shape index (κ1) is 25.0. The number of para-hydroxylation sites is 2. The van der Waals surface area contributed by atoms with E-state index in [9.17, 15) is 18.0 Å². The third-order valence-electron chi connectivity index (χ3n) is 4.55. The zero-order chi connectivity index (χ0) is 25.1. The summed E-state index contributed by atoms with van der Waals surface area (Å²) in [5.74, 6) is -0.0198. The number of nitrogens with zero attached hydrogens (tertiary/aromatic N) is 2. The summed E-state index contributed by atoms with van der Waals surface area (Å²) in [6, 6.07) is 11.9. The maximum Gasteiger partial charge on any atom is 0.412 e. The fourth-order valence-corrected chi connectivity index (χ4v) is 3.98. The van der Waals surface area contributed by atoms with Gasteiger partial charge in [0.15, 0.2) is 9.84 Å². The highest BCUT2D eigenvalue weighted by Crippen LogP contribution is 2.28. The number of sulfone groups is 1. The summed E-state index contributed by atoms with van der Waals surface area (Å²) >= 11 is 0. The molecule has 0 bridgehead atoms. The summed E-state index contributed by atoms with van der Waals surface area (Å²) in [7, 11) is -1.90. The van der Waals surface area contributed by atoms with Crippen LogP contribution in [0.15, 0.2) is 42.5 Å². The molecule has 0 spiro atoms. The number of carbonyl (C=O) groups excluding carboxylic acids is 2. The first-order valence-electron chi connectivity index (χ1n) is 10.4. The van der Waals surface area contributed by atoms with Crippen LogP contribution in [0.25, 0.3) is 11.0 Å². The Bertz CT molecular complexity index is 1320. The van der Waals surface area contributed by atoms with Crippen LogP contribution < -0.4 is 15.4 Å². The van der Waals surface area contributed by atoms with Crippen molar-refractivity contribution in [2.24, 2.45) is 0 Å². The van der Waals surface area contributed by atoms with Crippen LogP contribution in [0.5, 0.6) is 5.75 Å². The van der Waals surface area contributed by atoms with Gasteiger partial charge in [0, 0.05) is 11.9 Å². The maximum atomic E-state index is 12.9. The molecule has 3 aromatic rings. The van der Waals surface area contributed by atoms with Crippen molar-refractivity contribution < 1.29 is 27.5 Å².